The second kappa shape index (κ2) is 3.01. The van der Waals surface area contributed by atoms with E-state index >= 15 is 0 Å². The largest absolute Gasteiger partial charge is 0.425 e. The van der Waals surface area contributed by atoms with Crippen LogP contribution in [0.5, 0.6) is 0 Å². The lowest BCUT2D eigenvalue weighted by atomic mass is 9.94. The summed E-state index contributed by atoms with van der Waals surface area (Å²) in [5.74, 6) is -1.19. The SMILES string of the molecule is O=[C]OC1(O)CCCCC1. The molecule has 0 unspecified atom stereocenters. The molecule has 0 atom stereocenters. The van der Waals surface area contributed by atoms with Crippen LogP contribution in [0, 0.1) is 0 Å². The van der Waals surface area contributed by atoms with Crippen LogP contribution in [0.4, 0.5) is 0 Å². The van der Waals surface area contributed by atoms with Crippen LogP contribution < -0.4 is 0 Å². The number of aliphatic hydroxyl groups is 1. The highest BCUT2D eigenvalue weighted by atomic mass is 16.6. The molecular weight excluding hydrogens is 132 g/mol. The molecule has 1 N–H and O–H groups in total. The third kappa shape index (κ3) is 1.70. The van der Waals surface area contributed by atoms with Crippen molar-refractivity contribution in [2.45, 2.75) is 37.9 Å². The Labute approximate surface area is 60.0 Å². The normalized spacial score (nSPS) is 23.7. The molecule has 57 valence electrons. The van der Waals surface area contributed by atoms with Crippen LogP contribution in [0.25, 0.3) is 0 Å². The van der Waals surface area contributed by atoms with Crippen LogP contribution in [0.1, 0.15) is 32.1 Å². The van der Waals surface area contributed by atoms with Gasteiger partial charge in [0.05, 0.1) is 0 Å². The van der Waals surface area contributed by atoms with Crippen LogP contribution in [0.3, 0.4) is 0 Å². The maximum atomic E-state index is 9.77. The molecule has 0 amide bonds. The van der Waals surface area contributed by atoms with E-state index in [9.17, 15) is 9.90 Å². The molecule has 0 bridgehead atoms. The third-order valence-electron chi connectivity index (χ3n) is 1.87. The summed E-state index contributed by atoms with van der Waals surface area (Å²) < 4.78 is 4.42. The minimum Gasteiger partial charge on any atom is -0.425 e. The van der Waals surface area contributed by atoms with Gasteiger partial charge in [-0.05, 0) is 12.8 Å². The van der Waals surface area contributed by atoms with Crippen molar-refractivity contribution in [3.63, 3.8) is 0 Å². The fourth-order valence-corrected chi connectivity index (χ4v) is 1.28. The molecule has 0 aromatic carbocycles. The molecule has 1 aliphatic carbocycles. The minimum absolute atomic E-state index is 0.558. The first-order valence-corrected chi connectivity index (χ1v) is 3.54. The van der Waals surface area contributed by atoms with Crippen molar-refractivity contribution >= 4 is 6.47 Å². The molecule has 1 saturated carbocycles. The number of ether oxygens (including phenoxy) is 1. The van der Waals surface area contributed by atoms with Gasteiger partial charge in [-0.2, -0.15) is 0 Å². The molecule has 0 saturated heterocycles. The van der Waals surface area contributed by atoms with E-state index in [0.29, 0.717) is 12.8 Å². The molecule has 1 fully saturated rings. The maximum absolute atomic E-state index is 9.77. The van der Waals surface area contributed by atoms with Gasteiger partial charge in [-0.1, -0.05) is 6.42 Å². The Morgan fingerprint density at radius 3 is 2.40 bits per heavy atom. The van der Waals surface area contributed by atoms with Crippen molar-refractivity contribution in [2.75, 3.05) is 0 Å². The van der Waals surface area contributed by atoms with Gasteiger partial charge >= 0.3 is 6.47 Å². The molecule has 1 aliphatic rings. The Bertz CT molecular complexity index is 116. The predicted molar refractivity (Wildman–Crippen MR) is 34.8 cm³/mol. The van der Waals surface area contributed by atoms with Crippen LogP contribution in [0.2, 0.25) is 0 Å². The Kier molecular flexibility index (Phi) is 2.27. The molecule has 3 heteroatoms. The maximum Gasteiger partial charge on any atom is 0.420 e. The number of rotatable bonds is 2. The van der Waals surface area contributed by atoms with Gasteiger partial charge in [-0.3, -0.25) is 0 Å². The second-order valence-electron chi connectivity index (χ2n) is 2.69. The van der Waals surface area contributed by atoms with E-state index in [1.165, 1.54) is 6.47 Å². The van der Waals surface area contributed by atoms with Crippen LogP contribution >= 0.6 is 0 Å². The summed E-state index contributed by atoms with van der Waals surface area (Å²) in [4.78, 5) is 9.77. The summed E-state index contributed by atoms with van der Waals surface area (Å²) in [7, 11) is 0. The van der Waals surface area contributed by atoms with Crippen molar-refractivity contribution in [3.8, 4) is 0 Å². The van der Waals surface area contributed by atoms with Crippen LogP contribution in [0.15, 0.2) is 0 Å². The fraction of sp³-hybridized carbons (Fsp3) is 0.857. The van der Waals surface area contributed by atoms with Crippen molar-refractivity contribution in [2.24, 2.45) is 0 Å². The molecule has 0 spiro atoms. The van der Waals surface area contributed by atoms with E-state index < -0.39 is 5.79 Å². The Morgan fingerprint density at radius 2 is 1.90 bits per heavy atom. The Hall–Kier alpha value is -0.570. The lowest BCUT2D eigenvalue weighted by Crippen LogP contribution is -2.33. The summed E-state index contributed by atoms with van der Waals surface area (Å²) in [6, 6.07) is 0. The number of hydrogen-bond donors (Lipinski definition) is 1. The highest BCUT2D eigenvalue weighted by Gasteiger charge is 2.30. The summed E-state index contributed by atoms with van der Waals surface area (Å²) >= 11 is 0. The Morgan fingerprint density at radius 1 is 1.30 bits per heavy atom. The van der Waals surface area contributed by atoms with Crippen molar-refractivity contribution in [3.05, 3.63) is 0 Å². The van der Waals surface area contributed by atoms with E-state index in [4.69, 9.17) is 0 Å². The smallest absolute Gasteiger partial charge is 0.420 e. The van der Waals surface area contributed by atoms with E-state index in [0.717, 1.165) is 19.3 Å². The zero-order valence-electron chi connectivity index (χ0n) is 5.80. The van der Waals surface area contributed by atoms with Gasteiger partial charge in [0.15, 0.2) is 0 Å². The van der Waals surface area contributed by atoms with Gasteiger partial charge in [0, 0.05) is 12.8 Å². The first-order chi connectivity index (χ1) is 4.77. The predicted octanol–water partition coefficient (Wildman–Crippen LogP) is 0.723. The molecule has 0 heterocycles. The van der Waals surface area contributed by atoms with Crippen molar-refractivity contribution in [1.29, 1.82) is 0 Å². The lowest BCUT2D eigenvalue weighted by molar-refractivity contribution is -0.168. The first kappa shape index (κ1) is 7.54. The molecule has 0 aromatic heterocycles. The van der Waals surface area contributed by atoms with Gasteiger partial charge < -0.3 is 9.84 Å². The summed E-state index contributed by atoms with van der Waals surface area (Å²) in [6.07, 6.45) is 4.09. The topological polar surface area (TPSA) is 46.5 Å². The third-order valence-corrected chi connectivity index (χ3v) is 1.87. The first-order valence-electron chi connectivity index (χ1n) is 3.54. The Balaban J connectivity index is 2.39. The molecule has 10 heavy (non-hydrogen) atoms. The molecule has 1 radical (unpaired) electrons. The van der Waals surface area contributed by atoms with Crippen LogP contribution in [-0.4, -0.2) is 17.4 Å². The molecule has 0 aliphatic heterocycles. The fourth-order valence-electron chi connectivity index (χ4n) is 1.28. The average Bonchev–Trinajstić information content (AvgIpc) is 1.89. The summed E-state index contributed by atoms with van der Waals surface area (Å²) in [6.45, 7) is 1.28. The van der Waals surface area contributed by atoms with E-state index in [1.54, 1.807) is 0 Å². The van der Waals surface area contributed by atoms with Gasteiger partial charge in [-0.25, -0.2) is 4.79 Å². The second-order valence-corrected chi connectivity index (χ2v) is 2.69. The quantitative estimate of drug-likeness (QED) is 0.579. The monoisotopic (exact) mass is 143 g/mol. The number of carbonyl (C=O) groups excluding carboxylic acids is 1. The van der Waals surface area contributed by atoms with E-state index in [-0.39, 0.29) is 0 Å². The minimum atomic E-state index is -1.19. The van der Waals surface area contributed by atoms with Crippen LogP contribution in [-0.2, 0) is 9.53 Å². The highest BCUT2D eigenvalue weighted by molar-refractivity contribution is 5.39. The van der Waals surface area contributed by atoms with Gasteiger partial charge in [-0.15, -0.1) is 0 Å². The van der Waals surface area contributed by atoms with E-state index in [1.807, 2.05) is 0 Å². The standard InChI is InChI=1S/C7H11O3/c8-6-10-7(9)4-2-1-3-5-7/h9H,1-5H2. The lowest BCUT2D eigenvalue weighted by Gasteiger charge is -2.28. The summed E-state index contributed by atoms with van der Waals surface area (Å²) in [5.41, 5.74) is 0. The number of hydrogen-bond acceptors (Lipinski definition) is 3. The zero-order valence-corrected chi connectivity index (χ0v) is 5.80. The van der Waals surface area contributed by atoms with Gasteiger partial charge in [0.25, 0.3) is 0 Å². The zero-order chi connectivity index (χ0) is 7.45. The molecule has 0 aromatic rings. The highest BCUT2D eigenvalue weighted by Crippen LogP contribution is 2.27. The molecule has 1 rings (SSSR count). The van der Waals surface area contributed by atoms with E-state index in [2.05, 4.69) is 4.74 Å². The van der Waals surface area contributed by atoms with Gasteiger partial charge in [0.1, 0.15) is 0 Å². The van der Waals surface area contributed by atoms with Gasteiger partial charge in [0.2, 0.25) is 5.79 Å². The summed E-state index contributed by atoms with van der Waals surface area (Å²) in [5, 5.41) is 9.39. The molecule has 3 nitrogen and oxygen atoms in total. The van der Waals surface area contributed by atoms with Crippen molar-refractivity contribution < 1.29 is 14.6 Å². The molecular formula is C7H11O3. The average molecular weight is 143 g/mol. The van der Waals surface area contributed by atoms with Crippen molar-refractivity contribution in [1.82, 2.24) is 0 Å².